The lowest BCUT2D eigenvalue weighted by Crippen LogP contribution is -2.29. The lowest BCUT2D eigenvalue weighted by Gasteiger charge is -2.21. The lowest BCUT2D eigenvalue weighted by atomic mass is 9.89. The highest BCUT2D eigenvalue weighted by molar-refractivity contribution is 5.71. The van der Waals surface area contributed by atoms with Gasteiger partial charge in [-0.25, -0.2) is 0 Å². The molecule has 1 atom stereocenters. The zero-order valence-corrected chi connectivity index (χ0v) is 35.0. The van der Waals surface area contributed by atoms with Crippen molar-refractivity contribution in [2.75, 3.05) is 32.8 Å². The van der Waals surface area contributed by atoms with Gasteiger partial charge in [0.15, 0.2) is 0 Å². The molecule has 8 heteroatoms. The number of carbonyl (C=O) groups excluding carboxylic acids is 1. The summed E-state index contributed by atoms with van der Waals surface area (Å²) in [6.45, 7) is 12.2. The van der Waals surface area contributed by atoms with E-state index < -0.39 is 0 Å². The predicted octanol–water partition coefficient (Wildman–Crippen LogP) is 12.2. The second-order valence-corrected chi connectivity index (χ2v) is 15.0. The van der Waals surface area contributed by atoms with Gasteiger partial charge in [-0.1, -0.05) is 195 Å². The highest BCUT2D eigenvalue weighted by Crippen LogP contribution is 2.25. The summed E-state index contributed by atoms with van der Waals surface area (Å²) >= 11 is 0. The van der Waals surface area contributed by atoms with Crippen LogP contribution >= 0.6 is 0 Å². The quantitative estimate of drug-likeness (QED) is 0.0324. The van der Waals surface area contributed by atoms with Crippen LogP contribution in [0.3, 0.4) is 0 Å². The molecule has 3 N–H and O–H groups in total. The van der Waals surface area contributed by atoms with E-state index in [1.54, 1.807) is 0 Å². The number of rotatable bonds is 38. The summed E-state index contributed by atoms with van der Waals surface area (Å²) < 4.78 is 5.51. The molecule has 312 valence electrons. The van der Waals surface area contributed by atoms with Crippen LogP contribution in [0.4, 0.5) is 0 Å². The number of carboxylic acid groups (broad SMARTS) is 2. The molecule has 0 aromatic heterocycles. The molecule has 0 saturated heterocycles. The molecule has 8 nitrogen and oxygen atoms in total. The minimum Gasteiger partial charge on any atom is -0.483 e. The molecule has 0 aromatic rings. The third-order valence-electron chi connectivity index (χ3n) is 10.2. The van der Waals surface area contributed by atoms with Gasteiger partial charge in [0, 0.05) is 6.54 Å². The van der Waals surface area contributed by atoms with Gasteiger partial charge in [0.1, 0.15) is 0 Å². The molecule has 0 fully saturated rings. The Bertz CT molecular complexity index is 672. The molecule has 0 rings (SSSR count). The van der Waals surface area contributed by atoms with Crippen LogP contribution in [0.2, 0.25) is 0 Å². The molecular weight excluding hydrogens is 654 g/mol. The SMILES string of the molecule is CCCCCCCCC(CCCCCCCC)CCCCCCCN(CCO)CCCCCCCOC(=O)C(C)CCCCCC.O=CO.O=CO. The molecule has 0 aliphatic heterocycles. The highest BCUT2D eigenvalue weighted by atomic mass is 16.5. The predicted molar refractivity (Wildman–Crippen MR) is 220 cm³/mol. The maximum Gasteiger partial charge on any atom is 0.308 e. The molecule has 0 heterocycles. The van der Waals surface area contributed by atoms with Crippen LogP contribution in [0.25, 0.3) is 0 Å². The van der Waals surface area contributed by atoms with Crippen LogP contribution in [-0.4, -0.2) is 72.0 Å². The van der Waals surface area contributed by atoms with Gasteiger partial charge in [-0.3, -0.25) is 14.4 Å². The van der Waals surface area contributed by atoms with Gasteiger partial charge in [-0.05, 0) is 44.7 Å². The van der Waals surface area contributed by atoms with Crippen molar-refractivity contribution >= 4 is 18.9 Å². The normalized spacial score (nSPS) is 11.4. The van der Waals surface area contributed by atoms with Crippen LogP contribution in [0, 0.1) is 11.8 Å². The second-order valence-electron chi connectivity index (χ2n) is 15.0. The third-order valence-corrected chi connectivity index (χ3v) is 10.2. The summed E-state index contributed by atoms with van der Waals surface area (Å²) in [4.78, 5) is 31.3. The third kappa shape index (κ3) is 46.4. The zero-order valence-electron chi connectivity index (χ0n) is 35.0. The van der Waals surface area contributed by atoms with Crippen molar-refractivity contribution in [3.63, 3.8) is 0 Å². The van der Waals surface area contributed by atoms with Gasteiger partial charge in [0.2, 0.25) is 0 Å². The minimum atomic E-state index is -0.250. The summed E-state index contributed by atoms with van der Waals surface area (Å²) in [6.07, 6.45) is 39.9. The standard InChI is InChI=1S/C42H85NO3.2CH2O2/c1-5-8-11-14-18-25-32-41(33-26-19-15-12-9-6-2)34-27-20-16-21-28-35-43(37-38-44)36-29-22-17-23-30-39-46-42(45)40(4)31-24-13-10-7-3;2*2-1-3/h40-41,44H,5-39H2,1-4H3;2*1H,(H,2,3). The number of hydrogen-bond acceptors (Lipinski definition) is 6. The molecule has 0 aromatic carbocycles. The Kier molecular flexibility index (Phi) is 51.9. The minimum absolute atomic E-state index is 0.00710. The first-order chi connectivity index (χ1) is 25.4. The molecule has 1 unspecified atom stereocenters. The van der Waals surface area contributed by atoms with Crippen molar-refractivity contribution in [3.05, 3.63) is 0 Å². The van der Waals surface area contributed by atoms with Crippen molar-refractivity contribution < 1.29 is 34.4 Å². The van der Waals surface area contributed by atoms with Crippen molar-refractivity contribution in [2.45, 2.75) is 220 Å². The fourth-order valence-corrected chi connectivity index (χ4v) is 6.91. The van der Waals surface area contributed by atoms with Crippen LogP contribution in [0.15, 0.2) is 0 Å². The first kappa shape index (κ1) is 54.7. The van der Waals surface area contributed by atoms with Crippen molar-refractivity contribution in [1.82, 2.24) is 4.90 Å². The molecule has 0 aliphatic rings. The number of carbonyl (C=O) groups is 3. The van der Waals surface area contributed by atoms with Crippen LogP contribution < -0.4 is 0 Å². The number of hydrogen-bond donors (Lipinski definition) is 3. The largest absolute Gasteiger partial charge is 0.483 e. The lowest BCUT2D eigenvalue weighted by molar-refractivity contribution is -0.148. The highest BCUT2D eigenvalue weighted by Gasteiger charge is 2.14. The maximum absolute atomic E-state index is 12.2. The summed E-state index contributed by atoms with van der Waals surface area (Å²) in [5.74, 6) is 1.01. The van der Waals surface area contributed by atoms with E-state index in [4.69, 9.17) is 24.5 Å². The number of aliphatic hydroxyl groups excluding tert-OH is 1. The fraction of sp³-hybridized carbons (Fsp3) is 0.932. The van der Waals surface area contributed by atoms with E-state index in [0.29, 0.717) is 6.61 Å². The summed E-state index contributed by atoms with van der Waals surface area (Å²) in [6, 6.07) is 0. The van der Waals surface area contributed by atoms with E-state index in [1.165, 1.54) is 167 Å². The van der Waals surface area contributed by atoms with Crippen LogP contribution in [0.1, 0.15) is 220 Å². The number of aliphatic hydroxyl groups is 1. The van der Waals surface area contributed by atoms with Crippen molar-refractivity contribution in [1.29, 1.82) is 0 Å². The monoisotopic (exact) mass is 744 g/mol. The van der Waals surface area contributed by atoms with E-state index in [1.807, 2.05) is 6.92 Å². The molecule has 0 spiro atoms. The first-order valence-electron chi connectivity index (χ1n) is 22.1. The Morgan fingerprint density at radius 1 is 0.519 bits per heavy atom. The molecular formula is C44H89NO7. The Morgan fingerprint density at radius 3 is 1.25 bits per heavy atom. The zero-order chi connectivity index (χ0) is 39.2. The smallest absolute Gasteiger partial charge is 0.308 e. The molecule has 0 aliphatic carbocycles. The molecule has 0 amide bonds. The van der Waals surface area contributed by atoms with E-state index in [9.17, 15) is 9.90 Å². The maximum atomic E-state index is 12.2. The van der Waals surface area contributed by atoms with E-state index in [-0.39, 0.29) is 31.4 Å². The van der Waals surface area contributed by atoms with Gasteiger partial charge < -0.3 is 25.0 Å². The van der Waals surface area contributed by atoms with Gasteiger partial charge >= 0.3 is 5.97 Å². The van der Waals surface area contributed by atoms with Crippen molar-refractivity contribution in [2.24, 2.45) is 11.8 Å². The molecule has 52 heavy (non-hydrogen) atoms. The van der Waals surface area contributed by atoms with Gasteiger partial charge in [0.25, 0.3) is 12.9 Å². The molecule has 0 bridgehead atoms. The second kappa shape index (κ2) is 49.3. The van der Waals surface area contributed by atoms with Gasteiger partial charge in [-0.15, -0.1) is 0 Å². The van der Waals surface area contributed by atoms with E-state index in [0.717, 1.165) is 51.2 Å². The van der Waals surface area contributed by atoms with Gasteiger partial charge in [0.05, 0.1) is 19.1 Å². The molecule has 0 radical (unpaired) electrons. The summed E-state index contributed by atoms with van der Waals surface area (Å²) in [5.41, 5.74) is 0. The summed E-state index contributed by atoms with van der Waals surface area (Å²) in [5, 5.41) is 23.3. The van der Waals surface area contributed by atoms with Gasteiger partial charge in [-0.2, -0.15) is 0 Å². The number of unbranched alkanes of at least 4 members (excludes halogenated alkanes) is 21. The number of ether oxygens (including phenoxy) is 1. The Hall–Kier alpha value is -1.67. The number of esters is 1. The average Bonchev–Trinajstić information content (AvgIpc) is 3.13. The van der Waals surface area contributed by atoms with Crippen LogP contribution in [0.5, 0.6) is 0 Å². The Labute approximate surface area is 322 Å². The Morgan fingerprint density at radius 2 is 0.846 bits per heavy atom. The average molecular weight is 744 g/mol. The van der Waals surface area contributed by atoms with E-state index >= 15 is 0 Å². The van der Waals surface area contributed by atoms with E-state index in [2.05, 4.69) is 25.7 Å². The first-order valence-corrected chi connectivity index (χ1v) is 22.1. The van der Waals surface area contributed by atoms with Crippen molar-refractivity contribution in [3.8, 4) is 0 Å². The number of nitrogens with zero attached hydrogens (tertiary/aromatic N) is 1. The summed E-state index contributed by atoms with van der Waals surface area (Å²) in [7, 11) is 0. The van der Waals surface area contributed by atoms with Crippen LogP contribution in [-0.2, 0) is 19.1 Å². The fourth-order valence-electron chi connectivity index (χ4n) is 6.91. The molecule has 0 saturated carbocycles. The topological polar surface area (TPSA) is 124 Å². The Balaban J connectivity index is -0.00000371.